The second-order valence-electron chi connectivity index (χ2n) is 8.50. The van der Waals surface area contributed by atoms with E-state index in [1.165, 1.54) is 12.2 Å². The van der Waals surface area contributed by atoms with E-state index in [4.69, 9.17) is 4.74 Å². The van der Waals surface area contributed by atoms with E-state index in [0.29, 0.717) is 18.0 Å². The van der Waals surface area contributed by atoms with Crippen LogP contribution in [-0.2, 0) is 21.5 Å². The number of alkyl halides is 4. The van der Waals surface area contributed by atoms with Crippen molar-refractivity contribution < 1.29 is 40.6 Å². The van der Waals surface area contributed by atoms with E-state index in [0.717, 1.165) is 37.5 Å². The third kappa shape index (κ3) is 7.41. The molecule has 198 valence electrons. The summed E-state index contributed by atoms with van der Waals surface area (Å²) in [5.74, 6) is -2.94. The number of nitrogens with one attached hydrogen (secondary N) is 1. The number of halogens is 6. The quantitative estimate of drug-likeness (QED) is 0.136. The van der Waals surface area contributed by atoms with Crippen molar-refractivity contribution in [2.75, 3.05) is 0 Å². The fourth-order valence-electron chi connectivity index (χ4n) is 3.68. The fourth-order valence-corrected chi connectivity index (χ4v) is 3.68. The lowest BCUT2D eigenvalue weighted by molar-refractivity contribution is -0.253. The van der Waals surface area contributed by atoms with Crippen molar-refractivity contribution in [3.63, 3.8) is 0 Å². The lowest BCUT2D eigenvalue weighted by Crippen LogP contribution is -2.42. The van der Waals surface area contributed by atoms with Gasteiger partial charge in [0.2, 0.25) is 6.41 Å². The molecule has 0 unspecified atom stereocenters. The summed E-state index contributed by atoms with van der Waals surface area (Å²) in [5, 5.41) is 2.52. The lowest BCUT2D eigenvalue weighted by Gasteiger charge is -2.32. The zero-order valence-corrected chi connectivity index (χ0v) is 19.6. The van der Waals surface area contributed by atoms with Gasteiger partial charge >= 0.3 is 12.5 Å². The molecule has 1 N–H and O–H groups in total. The molecule has 1 fully saturated rings. The first kappa shape index (κ1) is 27.9. The highest BCUT2D eigenvalue weighted by Gasteiger charge is 2.44. The zero-order valence-electron chi connectivity index (χ0n) is 19.6. The molecule has 1 aliphatic rings. The van der Waals surface area contributed by atoms with Gasteiger partial charge in [-0.3, -0.25) is 4.79 Å². The maximum Gasteiger partial charge on any atom is 0.461 e. The van der Waals surface area contributed by atoms with Crippen LogP contribution < -0.4 is 10.1 Å². The summed E-state index contributed by atoms with van der Waals surface area (Å²) in [6, 6.07) is 10.9. The van der Waals surface area contributed by atoms with Crippen molar-refractivity contribution in [3.8, 4) is 5.75 Å². The van der Waals surface area contributed by atoms with Gasteiger partial charge < -0.3 is 14.8 Å². The number of ether oxygens (including phenoxy) is 2. The second-order valence-corrected chi connectivity index (χ2v) is 8.50. The summed E-state index contributed by atoms with van der Waals surface area (Å²) in [4.78, 5) is 11.6. The van der Waals surface area contributed by atoms with Crippen molar-refractivity contribution in [3.05, 3.63) is 102 Å². The average Bonchev–Trinajstić information content (AvgIpc) is 2.81. The molecule has 0 radical (unpaired) electrons. The lowest BCUT2D eigenvalue weighted by atomic mass is 9.83. The molecule has 0 aliphatic heterocycles. The monoisotopic (exact) mass is 525 g/mol. The Morgan fingerprint density at radius 3 is 2.46 bits per heavy atom. The summed E-state index contributed by atoms with van der Waals surface area (Å²) in [6.45, 7) is 3.56. The number of benzene rings is 2. The molecule has 1 atom stereocenters. The molecule has 1 saturated carbocycles. The van der Waals surface area contributed by atoms with Gasteiger partial charge in [-0.1, -0.05) is 49.1 Å². The number of hydrogen-bond acceptors (Lipinski definition) is 3. The largest absolute Gasteiger partial charge is 0.488 e. The van der Waals surface area contributed by atoms with Gasteiger partial charge in [-0.15, -0.1) is 0 Å². The molecule has 3 rings (SSSR count). The van der Waals surface area contributed by atoms with E-state index in [2.05, 4.69) is 16.6 Å². The Balaban J connectivity index is 2.02. The molecule has 2 aromatic rings. The van der Waals surface area contributed by atoms with Crippen LogP contribution in [0.2, 0.25) is 0 Å². The van der Waals surface area contributed by atoms with Crippen LogP contribution in [0.15, 0.2) is 84.9 Å². The number of rotatable bonds is 13. The normalized spacial score (nSPS) is 16.2. The number of hydrogen-bond donors (Lipinski definition) is 1. The molecule has 0 spiro atoms. The maximum atomic E-state index is 14.6. The van der Waals surface area contributed by atoms with Crippen LogP contribution >= 0.6 is 0 Å². The summed E-state index contributed by atoms with van der Waals surface area (Å²) in [6.07, 6.45) is -2.77. The summed E-state index contributed by atoms with van der Waals surface area (Å²) in [5.41, 5.74) is -1.09. The molecule has 2 aromatic carbocycles. The van der Waals surface area contributed by atoms with Crippen molar-refractivity contribution in [2.24, 2.45) is 0 Å². The minimum atomic E-state index is -4.88. The molecule has 37 heavy (non-hydrogen) atoms. The van der Waals surface area contributed by atoms with Crippen LogP contribution in [0, 0.1) is 5.82 Å². The Bertz CT molecular complexity index is 1150. The maximum absolute atomic E-state index is 14.6. The number of amides is 1. The van der Waals surface area contributed by atoms with Gasteiger partial charge in [0.05, 0.1) is 11.6 Å². The number of allylic oxidation sites excluding steroid dienone is 3. The van der Waals surface area contributed by atoms with E-state index in [9.17, 15) is 31.1 Å². The fraction of sp³-hybridized carbons (Fsp3) is 0.296. The topological polar surface area (TPSA) is 47.6 Å². The first-order valence-electron chi connectivity index (χ1n) is 11.4. The van der Waals surface area contributed by atoms with E-state index >= 15 is 0 Å². The summed E-state index contributed by atoms with van der Waals surface area (Å²) in [7, 11) is 0. The second kappa shape index (κ2) is 12.0. The summed E-state index contributed by atoms with van der Waals surface area (Å²) < 4.78 is 90.9. The SMILES string of the molecule is C=C(OC1CCC1)C(F)=CC=C[C@@](Cc1ccccc1)(NC=O)c1cc(F)cc(OC(F)(F)C(F)F)c1. The number of carbonyl (C=O) groups is 1. The van der Waals surface area contributed by atoms with Gasteiger partial charge in [0.15, 0.2) is 5.83 Å². The van der Waals surface area contributed by atoms with Gasteiger partial charge in [-0.2, -0.15) is 17.6 Å². The highest BCUT2D eigenvalue weighted by Crippen LogP contribution is 2.34. The highest BCUT2D eigenvalue weighted by atomic mass is 19.3. The minimum absolute atomic E-state index is 0.0355. The van der Waals surface area contributed by atoms with Gasteiger partial charge in [0.1, 0.15) is 17.3 Å². The third-order valence-corrected chi connectivity index (χ3v) is 5.79. The molecule has 0 bridgehead atoms. The predicted molar refractivity (Wildman–Crippen MR) is 125 cm³/mol. The van der Waals surface area contributed by atoms with Crippen LogP contribution in [0.3, 0.4) is 0 Å². The van der Waals surface area contributed by atoms with Crippen molar-refractivity contribution in [1.82, 2.24) is 5.32 Å². The average molecular weight is 525 g/mol. The van der Waals surface area contributed by atoms with Crippen molar-refractivity contribution >= 4 is 6.41 Å². The third-order valence-electron chi connectivity index (χ3n) is 5.79. The van der Waals surface area contributed by atoms with E-state index in [1.807, 2.05) is 0 Å². The number of carbonyl (C=O) groups excluding carboxylic acids is 1. The predicted octanol–water partition coefficient (Wildman–Crippen LogP) is 6.74. The van der Waals surface area contributed by atoms with Crippen LogP contribution in [0.1, 0.15) is 30.4 Å². The summed E-state index contributed by atoms with van der Waals surface area (Å²) >= 11 is 0. The van der Waals surface area contributed by atoms with Gasteiger partial charge in [0, 0.05) is 12.5 Å². The highest BCUT2D eigenvalue weighted by molar-refractivity contribution is 5.53. The van der Waals surface area contributed by atoms with Gasteiger partial charge in [-0.25, -0.2) is 8.78 Å². The molecule has 0 saturated heterocycles. The Hall–Kier alpha value is -3.69. The standard InChI is InChI=1S/C27H25F6NO3/c1-18(36-22-9-5-10-22)24(29)11-6-12-26(34-17-35,16-19-7-3-2-4-8-19)20-13-21(28)15-23(14-20)37-27(32,33)25(30)31/h2-4,6-8,11-15,17,22,25H,1,5,9-10,16H2,(H,34,35)/t26-/m0/s1. The van der Waals surface area contributed by atoms with Crippen LogP contribution in [-0.4, -0.2) is 25.0 Å². The molecule has 1 amide bonds. The Kier molecular flexibility index (Phi) is 9.07. The van der Waals surface area contributed by atoms with E-state index in [-0.39, 0.29) is 23.8 Å². The van der Waals surface area contributed by atoms with Crippen LogP contribution in [0.5, 0.6) is 5.75 Å². The van der Waals surface area contributed by atoms with Gasteiger partial charge in [-0.05, 0) is 48.6 Å². The molecule has 1 aliphatic carbocycles. The van der Waals surface area contributed by atoms with Crippen molar-refractivity contribution in [2.45, 2.75) is 49.9 Å². The molecule has 10 heteroatoms. The van der Waals surface area contributed by atoms with Crippen LogP contribution in [0.25, 0.3) is 0 Å². The minimum Gasteiger partial charge on any atom is -0.488 e. The van der Waals surface area contributed by atoms with E-state index in [1.54, 1.807) is 30.3 Å². The molecule has 0 heterocycles. The van der Waals surface area contributed by atoms with Crippen LogP contribution in [0.4, 0.5) is 26.3 Å². The Morgan fingerprint density at radius 1 is 1.16 bits per heavy atom. The first-order chi connectivity index (χ1) is 17.5. The molecular formula is C27H25F6NO3. The molecule has 0 aromatic heterocycles. The van der Waals surface area contributed by atoms with Gasteiger partial charge in [0.25, 0.3) is 0 Å². The smallest absolute Gasteiger partial charge is 0.461 e. The van der Waals surface area contributed by atoms with Crippen molar-refractivity contribution in [1.29, 1.82) is 0 Å². The van der Waals surface area contributed by atoms with E-state index < -0.39 is 35.5 Å². The molecular weight excluding hydrogens is 500 g/mol. The Morgan fingerprint density at radius 2 is 1.86 bits per heavy atom. The zero-order chi connectivity index (χ0) is 27.1. The Labute approximate surface area is 210 Å². The first-order valence-corrected chi connectivity index (χ1v) is 11.4. The molecule has 4 nitrogen and oxygen atoms in total.